The number of nitrogens with one attached hydrogen (secondary N) is 2. The number of hydrazone groups is 1. The van der Waals surface area contributed by atoms with Gasteiger partial charge in [-0.15, -0.1) is 0 Å². The highest BCUT2D eigenvalue weighted by molar-refractivity contribution is 5.97. The predicted octanol–water partition coefficient (Wildman–Crippen LogP) is 2.94. The third-order valence-corrected chi connectivity index (χ3v) is 3.72. The molecule has 5 heteroatoms. The molecule has 0 bridgehead atoms. The zero-order valence-corrected chi connectivity index (χ0v) is 12.5. The number of rotatable bonds is 4. The van der Waals surface area contributed by atoms with Crippen LogP contribution in [0.4, 0.5) is 5.69 Å². The molecule has 0 radical (unpaired) electrons. The van der Waals surface area contributed by atoms with Crippen molar-refractivity contribution in [3.63, 3.8) is 0 Å². The molecule has 0 aliphatic heterocycles. The number of anilines is 1. The average Bonchev–Trinajstić information content (AvgIpc) is 2.92. The van der Waals surface area contributed by atoms with E-state index in [4.69, 9.17) is 0 Å². The van der Waals surface area contributed by atoms with E-state index in [9.17, 15) is 9.59 Å². The lowest BCUT2D eigenvalue weighted by atomic mass is 10.0. The van der Waals surface area contributed by atoms with Crippen molar-refractivity contribution in [2.45, 2.75) is 39.5 Å². The Morgan fingerprint density at radius 1 is 1.29 bits per heavy atom. The highest BCUT2D eigenvalue weighted by Gasteiger charge is 2.21. The summed E-state index contributed by atoms with van der Waals surface area (Å²) in [5.74, 6) is 0.150. The predicted molar refractivity (Wildman–Crippen MR) is 83.3 cm³/mol. The summed E-state index contributed by atoms with van der Waals surface area (Å²) in [7, 11) is 0. The number of carbonyl (C=O) groups is 2. The molecule has 1 aromatic rings. The summed E-state index contributed by atoms with van der Waals surface area (Å²) in [5.41, 5.74) is 4.93. The van der Waals surface area contributed by atoms with Crippen molar-refractivity contribution in [1.82, 2.24) is 5.43 Å². The van der Waals surface area contributed by atoms with Crippen LogP contribution >= 0.6 is 0 Å². The zero-order valence-electron chi connectivity index (χ0n) is 12.5. The smallest absolute Gasteiger partial charge is 0.271 e. The van der Waals surface area contributed by atoms with Gasteiger partial charge in [0.15, 0.2) is 0 Å². The highest BCUT2D eigenvalue weighted by atomic mass is 16.2. The quantitative estimate of drug-likeness (QED) is 0.836. The van der Waals surface area contributed by atoms with E-state index in [-0.39, 0.29) is 11.8 Å². The largest absolute Gasteiger partial charge is 0.326 e. The van der Waals surface area contributed by atoms with Crippen LogP contribution in [0, 0.1) is 5.92 Å². The van der Waals surface area contributed by atoms with E-state index >= 15 is 0 Å². The van der Waals surface area contributed by atoms with Gasteiger partial charge in [-0.3, -0.25) is 9.59 Å². The van der Waals surface area contributed by atoms with E-state index in [1.54, 1.807) is 24.3 Å². The van der Waals surface area contributed by atoms with Crippen LogP contribution in [-0.4, -0.2) is 17.5 Å². The lowest BCUT2D eigenvalue weighted by molar-refractivity contribution is -0.114. The molecule has 0 aromatic heterocycles. The van der Waals surface area contributed by atoms with Gasteiger partial charge in [-0.1, -0.05) is 6.92 Å². The highest BCUT2D eigenvalue weighted by Crippen LogP contribution is 2.24. The number of hydrogen-bond donors (Lipinski definition) is 2. The van der Waals surface area contributed by atoms with Gasteiger partial charge in [0.25, 0.3) is 5.91 Å². The summed E-state index contributed by atoms with van der Waals surface area (Å²) >= 11 is 0. The number of amides is 2. The second-order valence-corrected chi connectivity index (χ2v) is 5.30. The molecule has 5 nitrogen and oxygen atoms in total. The Labute approximate surface area is 124 Å². The van der Waals surface area contributed by atoms with Gasteiger partial charge in [0.2, 0.25) is 5.91 Å². The number of benzene rings is 1. The number of carbonyl (C=O) groups excluding carboxylic acids is 2. The Balaban J connectivity index is 1.97. The summed E-state index contributed by atoms with van der Waals surface area (Å²) in [4.78, 5) is 23.0. The molecular weight excluding hydrogens is 266 g/mol. The molecule has 0 spiro atoms. The first-order chi connectivity index (χ1) is 10.1. The molecule has 0 saturated heterocycles. The van der Waals surface area contributed by atoms with Crippen LogP contribution in [0.1, 0.15) is 49.9 Å². The molecule has 1 saturated carbocycles. The standard InChI is InChI=1S/C16H21N3O2/c1-3-12-5-4-6-15(12)18-19-16(21)13-7-9-14(10-8-13)17-11(2)20/h7-10,12H,3-6H2,1-2H3,(H,17,20)(H,19,21)/b18-15+. The van der Waals surface area contributed by atoms with Gasteiger partial charge in [0.05, 0.1) is 0 Å². The molecule has 112 valence electrons. The van der Waals surface area contributed by atoms with Crippen molar-refractivity contribution >= 4 is 23.2 Å². The molecule has 1 atom stereocenters. The minimum Gasteiger partial charge on any atom is -0.326 e. The van der Waals surface area contributed by atoms with Crippen LogP contribution in [0.5, 0.6) is 0 Å². The van der Waals surface area contributed by atoms with Crippen LogP contribution in [0.2, 0.25) is 0 Å². The Morgan fingerprint density at radius 3 is 2.62 bits per heavy atom. The molecule has 1 fully saturated rings. The first-order valence-corrected chi connectivity index (χ1v) is 7.34. The number of nitrogens with zero attached hydrogens (tertiary/aromatic N) is 1. The van der Waals surface area contributed by atoms with Crippen molar-refractivity contribution < 1.29 is 9.59 Å². The van der Waals surface area contributed by atoms with Crippen LogP contribution in [0.3, 0.4) is 0 Å². The summed E-state index contributed by atoms with van der Waals surface area (Å²) in [6, 6.07) is 6.75. The van der Waals surface area contributed by atoms with Gasteiger partial charge in [0, 0.05) is 23.9 Å². The fourth-order valence-corrected chi connectivity index (χ4v) is 2.58. The molecule has 2 rings (SSSR count). The first kappa shape index (κ1) is 15.2. The fraction of sp³-hybridized carbons (Fsp3) is 0.438. The van der Waals surface area contributed by atoms with E-state index in [0.717, 1.165) is 31.4 Å². The van der Waals surface area contributed by atoms with Crippen molar-refractivity contribution in [3.8, 4) is 0 Å². The average molecular weight is 287 g/mol. The topological polar surface area (TPSA) is 70.6 Å². The lowest BCUT2D eigenvalue weighted by Crippen LogP contribution is -2.21. The second-order valence-electron chi connectivity index (χ2n) is 5.30. The van der Waals surface area contributed by atoms with E-state index in [1.807, 2.05) is 0 Å². The molecular formula is C16H21N3O2. The minimum absolute atomic E-state index is 0.134. The van der Waals surface area contributed by atoms with E-state index in [1.165, 1.54) is 6.92 Å². The summed E-state index contributed by atoms with van der Waals surface area (Å²) in [6.07, 6.45) is 4.36. The fourth-order valence-electron chi connectivity index (χ4n) is 2.58. The van der Waals surface area contributed by atoms with Crippen molar-refractivity contribution in [1.29, 1.82) is 0 Å². The first-order valence-electron chi connectivity index (χ1n) is 7.34. The Morgan fingerprint density at radius 2 is 2.00 bits per heavy atom. The van der Waals surface area contributed by atoms with Gasteiger partial charge >= 0.3 is 0 Å². The van der Waals surface area contributed by atoms with Gasteiger partial charge in [-0.05, 0) is 55.9 Å². The van der Waals surface area contributed by atoms with Crippen LogP contribution < -0.4 is 10.7 Å². The van der Waals surface area contributed by atoms with Crippen molar-refractivity contribution in [2.24, 2.45) is 11.0 Å². The van der Waals surface area contributed by atoms with Gasteiger partial charge in [-0.25, -0.2) is 5.43 Å². The maximum atomic E-state index is 12.0. The Kier molecular flexibility index (Phi) is 5.09. The zero-order chi connectivity index (χ0) is 15.2. The molecule has 1 unspecified atom stereocenters. The summed E-state index contributed by atoms with van der Waals surface area (Å²) in [6.45, 7) is 3.59. The molecule has 1 aromatic carbocycles. The monoisotopic (exact) mass is 287 g/mol. The molecule has 1 aliphatic rings. The van der Waals surface area contributed by atoms with Gasteiger partial charge in [0.1, 0.15) is 0 Å². The third kappa shape index (κ3) is 4.15. The van der Waals surface area contributed by atoms with Gasteiger partial charge < -0.3 is 5.32 Å². The maximum absolute atomic E-state index is 12.0. The third-order valence-electron chi connectivity index (χ3n) is 3.72. The molecule has 2 N–H and O–H groups in total. The number of hydrogen-bond acceptors (Lipinski definition) is 3. The molecule has 21 heavy (non-hydrogen) atoms. The summed E-state index contributed by atoms with van der Waals surface area (Å²) in [5, 5.41) is 6.93. The van der Waals surface area contributed by atoms with E-state index < -0.39 is 0 Å². The van der Waals surface area contributed by atoms with Crippen LogP contribution in [0.25, 0.3) is 0 Å². The Bertz CT molecular complexity index is 549. The molecule has 0 heterocycles. The van der Waals surface area contributed by atoms with Crippen LogP contribution in [-0.2, 0) is 4.79 Å². The van der Waals surface area contributed by atoms with Crippen molar-refractivity contribution in [3.05, 3.63) is 29.8 Å². The van der Waals surface area contributed by atoms with Crippen molar-refractivity contribution in [2.75, 3.05) is 5.32 Å². The normalized spacial score (nSPS) is 19.5. The Hall–Kier alpha value is -2.17. The summed E-state index contributed by atoms with van der Waals surface area (Å²) < 4.78 is 0. The minimum atomic E-state index is -0.223. The lowest BCUT2D eigenvalue weighted by Gasteiger charge is -2.08. The second kappa shape index (κ2) is 7.02. The van der Waals surface area contributed by atoms with E-state index in [0.29, 0.717) is 17.2 Å². The maximum Gasteiger partial charge on any atom is 0.271 e. The SMILES string of the molecule is CCC1CCC/C1=N\NC(=O)c1ccc(NC(C)=O)cc1. The van der Waals surface area contributed by atoms with Gasteiger partial charge in [-0.2, -0.15) is 5.10 Å². The van der Waals surface area contributed by atoms with E-state index in [2.05, 4.69) is 22.8 Å². The molecule has 2 amide bonds. The molecule has 1 aliphatic carbocycles. The van der Waals surface area contributed by atoms with Crippen LogP contribution in [0.15, 0.2) is 29.4 Å².